The topological polar surface area (TPSA) is 30.7 Å². The standard InChI is InChI=1S/C16H12BrNO2/c1-20-16(19)13-10-15(11-5-7-12(17)8-6-11)18-9-3-2-4-14(13)18/h2-10H,1H3. The molecule has 0 aliphatic rings. The Kier molecular flexibility index (Phi) is 3.32. The summed E-state index contributed by atoms with van der Waals surface area (Å²) >= 11 is 3.43. The van der Waals surface area contributed by atoms with Crippen molar-refractivity contribution in [2.75, 3.05) is 7.11 Å². The molecule has 0 saturated heterocycles. The molecule has 0 aliphatic heterocycles. The summed E-state index contributed by atoms with van der Waals surface area (Å²) in [4.78, 5) is 11.9. The van der Waals surface area contributed by atoms with Gasteiger partial charge in [0, 0.05) is 10.7 Å². The molecular weight excluding hydrogens is 318 g/mol. The summed E-state index contributed by atoms with van der Waals surface area (Å²) in [6.45, 7) is 0. The predicted molar refractivity (Wildman–Crippen MR) is 81.9 cm³/mol. The highest BCUT2D eigenvalue weighted by Crippen LogP contribution is 2.27. The molecule has 0 aliphatic carbocycles. The highest BCUT2D eigenvalue weighted by molar-refractivity contribution is 9.10. The maximum absolute atomic E-state index is 11.9. The van der Waals surface area contributed by atoms with Crippen LogP contribution in [0, 0.1) is 0 Å². The third-order valence-electron chi connectivity index (χ3n) is 3.22. The first-order valence-electron chi connectivity index (χ1n) is 6.15. The number of rotatable bonds is 2. The van der Waals surface area contributed by atoms with Crippen molar-refractivity contribution < 1.29 is 9.53 Å². The minimum absolute atomic E-state index is 0.322. The lowest BCUT2D eigenvalue weighted by Crippen LogP contribution is -1.99. The summed E-state index contributed by atoms with van der Waals surface area (Å²) in [5, 5.41) is 0. The summed E-state index contributed by atoms with van der Waals surface area (Å²) in [6, 6.07) is 15.6. The van der Waals surface area contributed by atoms with Crippen LogP contribution in [0.2, 0.25) is 0 Å². The van der Waals surface area contributed by atoms with Gasteiger partial charge < -0.3 is 9.14 Å². The van der Waals surface area contributed by atoms with Crippen molar-refractivity contribution in [3.63, 3.8) is 0 Å². The molecule has 0 amide bonds. The number of ether oxygens (including phenoxy) is 1. The van der Waals surface area contributed by atoms with Gasteiger partial charge >= 0.3 is 5.97 Å². The van der Waals surface area contributed by atoms with Gasteiger partial charge in [-0.05, 0) is 35.9 Å². The fourth-order valence-corrected chi connectivity index (χ4v) is 2.53. The molecule has 3 nitrogen and oxygen atoms in total. The number of nitrogens with zero attached hydrogens (tertiary/aromatic N) is 1. The van der Waals surface area contributed by atoms with E-state index in [0.717, 1.165) is 21.2 Å². The van der Waals surface area contributed by atoms with E-state index in [2.05, 4.69) is 15.9 Å². The Morgan fingerprint density at radius 3 is 2.60 bits per heavy atom. The molecule has 20 heavy (non-hydrogen) atoms. The first kappa shape index (κ1) is 12.9. The molecule has 0 saturated carbocycles. The minimum atomic E-state index is -0.322. The highest BCUT2D eigenvalue weighted by atomic mass is 79.9. The summed E-state index contributed by atoms with van der Waals surface area (Å²) in [5.41, 5.74) is 3.43. The number of hydrogen-bond donors (Lipinski definition) is 0. The molecule has 1 aromatic carbocycles. The number of hydrogen-bond acceptors (Lipinski definition) is 2. The number of benzene rings is 1. The second-order valence-corrected chi connectivity index (χ2v) is 5.31. The number of carbonyl (C=O) groups excluding carboxylic acids is 1. The van der Waals surface area contributed by atoms with Crippen LogP contribution in [0.1, 0.15) is 10.4 Å². The van der Waals surface area contributed by atoms with Crippen LogP contribution in [0.15, 0.2) is 59.2 Å². The third-order valence-corrected chi connectivity index (χ3v) is 3.75. The summed E-state index contributed by atoms with van der Waals surface area (Å²) in [7, 11) is 1.40. The summed E-state index contributed by atoms with van der Waals surface area (Å²) < 4.78 is 7.87. The van der Waals surface area contributed by atoms with E-state index in [9.17, 15) is 4.79 Å². The van der Waals surface area contributed by atoms with Crippen LogP contribution in [0.4, 0.5) is 0 Å². The Balaban J connectivity index is 2.26. The minimum Gasteiger partial charge on any atom is -0.465 e. The van der Waals surface area contributed by atoms with E-state index in [1.54, 1.807) is 0 Å². The first-order chi connectivity index (χ1) is 9.70. The quantitative estimate of drug-likeness (QED) is 0.661. The van der Waals surface area contributed by atoms with Crippen molar-refractivity contribution in [2.24, 2.45) is 0 Å². The molecule has 100 valence electrons. The van der Waals surface area contributed by atoms with Gasteiger partial charge in [0.2, 0.25) is 0 Å². The lowest BCUT2D eigenvalue weighted by Gasteiger charge is -2.03. The summed E-state index contributed by atoms with van der Waals surface area (Å²) in [6.07, 6.45) is 1.94. The Morgan fingerprint density at radius 2 is 1.90 bits per heavy atom. The molecule has 0 N–H and O–H groups in total. The molecule has 0 spiro atoms. The SMILES string of the molecule is COC(=O)c1cc(-c2ccc(Br)cc2)n2ccccc12. The van der Waals surface area contributed by atoms with Crippen molar-refractivity contribution in [2.45, 2.75) is 0 Å². The molecule has 0 unspecified atom stereocenters. The van der Waals surface area contributed by atoms with Gasteiger partial charge in [-0.1, -0.05) is 34.1 Å². The number of fused-ring (bicyclic) bond motifs is 1. The molecule has 3 rings (SSSR count). The van der Waals surface area contributed by atoms with Crippen molar-refractivity contribution in [3.8, 4) is 11.3 Å². The Labute approximate surface area is 124 Å². The molecule has 0 bridgehead atoms. The van der Waals surface area contributed by atoms with Gasteiger partial charge in [0.05, 0.1) is 23.9 Å². The normalized spacial score (nSPS) is 10.7. The second-order valence-electron chi connectivity index (χ2n) is 4.40. The zero-order chi connectivity index (χ0) is 14.1. The van der Waals surface area contributed by atoms with E-state index in [1.807, 2.05) is 59.1 Å². The Bertz CT molecular complexity index is 775. The largest absolute Gasteiger partial charge is 0.465 e. The number of methoxy groups -OCH3 is 1. The Hall–Kier alpha value is -2.07. The maximum atomic E-state index is 11.9. The van der Waals surface area contributed by atoms with E-state index >= 15 is 0 Å². The third kappa shape index (κ3) is 2.12. The van der Waals surface area contributed by atoms with Crippen molar-refractivity contribution in [1.29, 1.82) is 0 Å². The van der Waals surface area contributed by atoms with Crippen molar-refractivity contribution in [3.05, 3.63) is 64.8 Å². The van der Waals surface area contributed by atoms with Gasteiger partial charge in [-0.15, -0.1) is 0 Å². The van der Waals surface area contributed by atoms with Crippen LogP contribution >= 0.6 is 15.9 Å². The summed E-state index contributed by atoms with van der Waals surface area (Å²) in [5.74, 6) is -0.322. The van der Waals surface area contributed by atoms with Crippen molar-refractivity contribution in [1.82, 2.24) is 4.40 Å². The molecule has 3 aromatic rings. The van der Waals surface area contributed by atoms with E-state index < -0.39 is 0 Å². The lowest BCUT2D eigenvalue weighted by molar-refractivity contribution is 0.0603. The van der Waals surface area contributed by atoms with Gasteiger partial charge in [-0.2, -0.15) is 0 Å². The molecule has 4 heteroatoms. The number of halogens is 1. The first-order valence-corrected chi connectivity index (χ1v) is 6.94. The highest BCUT2D eigenvalue weighted by Gasteiger charge is 2.16. The van der Waals surface area contributed by atoms with Crippen LogP contribution in [0.3, 0.4) is 0 Å². The number of aromatic nitrogens is 1. The zero-order valence-corrected chi connectivity index (χ0v) is 12.4. The average Bonchev–Trinajstić information content (AvgIpc) is 2.87. The fourth-order valence-electron chi connectivity index (χ4n) is 2.27. The number of carbonyl (C=O) groups is 1. The smallest absolute Gasteiger partial charge is 0.340 e. The van der Waals surface area contributed by atoms with E-state index in [1.165, 1.54) is 7.11 Å². The predicted octanol–water partition coefficient (Wildman–Crippen LogP) is 4.16. The van der Waals surface area contributed by atoms with Gasteiger partial charge in [-0.3, -0.25) is 0 Å². The van der Waals surface area contributed by atoms with Gasteiger partial charge in [-0.25, -0.2) is 4.79 Å². The molecule has 0 fully saturated rings. The van der Waals surface area contributed by atoms with Gasteiger partial charge in [0.1, 0.15) is 0 Å². The zero-order valence-electron chi connectivity index (χ0n) is 10.8. The van der Waals surface area contributed by atoms with Crippen molar-refractivity contribution >= 4 is 27.4 Å². The number of pyridine rings is 1. The Morgan fingerprint density at radius 1 is 1.15 bits per heavy atom. The van der Waals surface area contributed by atoms with E-state index in [0.29, 0.717) is 5.56 Å². The van der Waals surface area contributed by atoms with Crippen LogP contribution in [-0.2, 0) is 4.74 Å². The molecule has 0 radical (unpaired) electrons. The van der Waals surface area contributed by atoms with Crippen LogP contribution in [0.5, 0.6) is 0 Å². The average molecular weight is 330 g/mol. The van der Waals surface area contributed by atoms with E-state index in [-0.39, 0.29) is 5.97 Å². The molecule has 2 aromatic heterocycles. The van der Waals surface area contributed by atoms with Gasteiger partial charge in [0.15, 0.2) is 0 Å². The van der Waals surface area contributed by atoms with Crippen LogP contribution in [0.25, 0.3) is 16.8 Å². The fraction of sp³-hybridized carbons (Fsp3) is 0.0625. The van der Waals surface area contributed by atoms with E-state index in [4.69, 9.17) is 4.74 Å². The second kappa shape index (κ2) is 5.13. The monoisotopic (exact) mass is 329 g/mol. The van der Waals surface area contributed by atoms with Crippen LogP contribution < -0.4 is 0 Å². The molecule has 0 atom stereocenters. The maximum Gasteiger partial charge on any atom is 0.340 e. The van der Waals surface area contributed by atoms with Crippen LogP contribution in [-0.4, -0.2) is 17.5 Å². The lowest BCUT2D eigenvalue weighted by atomic mass is 10.1. The molecule has 2 heterocycles. The van der Waals surface area contributed by atoms with Gasteiger partial charge in [0.25, 0.3) is 0 Å². The number of esters is 1. The molecular formula is C16H12BrNO2.